The average molecular weight is 443 g/mol. The Morgan fingerprint density at radius 2 is 1.72 bits per heavy atom. The van der Waals surface area contributed by atoms with Gasteiger partial charge in [-0.3, -0.25) is 4.90 Å². The maximum absolute atomic E-state index is 12.9. The molecule has 32 heavy (non-hydrogen) atoms. The van der Waals surface area contributed by atoms with Crippen molar-refractivity contribution in [2.75, 3.05) is 38.0 Å². The Morgan fingerprint density at radius 1 is 0.969 bits per heavy atom. The molecular formula is C23H24F3N5O. The molecule has 0 radical (unpaired) electrons. The van der Waals surface area contributed by atoms with E-state index in [-0.39, 0.29) is 11.7 Å². The van der Waals surface area contributed by atoms with Gasteiger partial charge in [0, 0.05) is 62.9 Å². The molecule has 0 atom stereocenters. The summed E-state index contributed by atoms with van der Waals surface area (Å²) < 4.78 is 40.7. The molecule has 4 rings (SSSR count). The normalized spacial score (nSPS) is 15.0. The van der Waals surface area contributed by atoms with Gasteiger partial charge in [0.25, 0.3) is 0 Å². The molecule has 1 fully saturated rings. The number of alkyl halides is 3. The number of piperazine rings is 1. The van der Waals surface area contributed by atoms with Gasteiger partial charge in [-0.1, -0.05) is 36.4 Å². The van der Waals surface area contributed by atoms with E-state index in [1.54, 1.807) is 11.1 Å². The summed E-state index contributed by atoms with van der Waals surface area (Å²) in [7, 11) is 0. The van der Waals surface area contributed by atoms with Gasteiger partial charge in [0.2, 0.25) is 0 Å². The number of nitrogens with zero attached hydrogens (tertiary/aromatic N) is 4. The highest BCUT2D eigenvalue weighted by Gasteiger charge is 2.30. The number of hydrogen-bond donors (Lipinski definition) is 1. The molecule has 1 N–H and O–H groups in total. The Balaban J connectivity index is 1.27. The minimum Gasteiger partial charge on any atom is -0.330 e. The van der Waals surface area contributed by atoms with Gasteiger partial charge in [0.05, 0.1) is 5.56 Å². The van der Waals surface area contributed by atoms with E-state index in [9.17, 15) is 18.0 Å². The van der Waals surface area contributed by atoms with Crippen molar-refractivity contribution in [3.8, 4) is 11.4 Å². The molecule has 2 heterocycles. The number of carbonyl (C=O) groups excluding carboxylic acids is 1. The third-order valence-electron chi connectivity index (χ3n) is 5.51. The maximum Gasteiger partial charge on any atom is 0.416 e. The number of anilines is 1. The van der Waals surface area contributed by atoms with Gasteiger partial charge in [-0.25, -0.2) is 9.78 Å². The number of benzene rings is 2. The van der Waals surface area contributed by atoms with Crippen LogP contribution in [-0.4, -0.2) is 58.1 Å². The van der Waals surface area contributed by atoms with Crippen LogP contribution in [0.5, 0.6) is 0 Å². The summed E-state index contributed by atoms with van der Waals surface area (Å²) in [4.78, 5) is 20.8. The van der Waals surface area contributed by atoms with Crippen LogP contribution in [0.2, 0.25) is 0 Å². The van der Waals surface area contributed by atoms with E-state index >= 15 is 0 Å². The summed E-state index contributed by atoms with van der Waals surface area (Å²) in [6, 6.07) is 14.3. The zero-order valence-electron chi connectivity index (χ0n) is 17.4. The number of hydrogen-bond acceptors (Lipinski definition) is 3. The molecule has 0 aliphatic carbocycles. The number of rotatable bonds is 5. The Bertz CT molecular complexity index is 1040. The van der Waals surface area contributed by atoms with Crippen molar-refractivity contribution in [3.63, 3.8) is 0 Å². The van der Waals surface area contributed by atoms with Gasteiger partial charge < -0.3 is 14.8 Å². The zero-order chi connectivity index (χ0) is 22.6. The van der Waals surface area contributed by atoms with Gasteiger partial charge >= 0.3 is 12.2 Å². The van der Waals surface area contributed by atoms with E-state index in [2.05, 4.69) is 19.8 Å². The third-order valence-corrected chi connectivity index (χ3v) is 5.51. The van der Waals surface area contributed by atoms with Crippen LogP contribution in [0.3, 0.4) is 0 Å². The number of carbonyl (C=O) groups is 1. The van der Waals surface area contributed by atoms with Crippen molar-refractivity contribution < 1.29 is 18.0 Å². The highest BCUT2D eigenvalue weighted by Crippen LogP contribution is 2.30. The highest BCUT2D eigenvalue weighted by molar-refractivity contribution is 5.89. The van der Waals surface area contributed by atoms with Crippen molar-refractivity contribution in [3.05, 3.63) is 72.6 Å². The Morgan fingerprint density at radius 3 is 2.44 bits per heavy atom. The minimum atomic E-state index is -4.44. The van der Waals surface area contributed by atoms with E-state index in [1.165, 1.54) is 12.1 Å². The summed E-state index contributed by atoms with van der Waals surface area (Å²) in [6.07, 6.45) is -0.693. The average Bonchev–Trinajstić information content (AvgIpc) is 3.27. The molecule has 168 valence electrons. The van der Waals surface area contributed by atoms with Crippen LogP contribution in [0.1, 0.15) is 5.56 Å². The number of imidazole rings is 1. The minimum absolute atomic E-state index is 0.140. The second kappa shape index (κ2) is 9.44. The van der Waals surface area contributed by atoms with E-state index in [4.69, 9.17) is 0 Å². The van der Waals surface area contributed by atoms with Gasteiger partial charge in [-0.15, -0.1) is 0 Å². The van der Waals surface area contributed by atoms with Crippen molar-refractivity contribution >= 4 is 11.7 Å². The van der Waals surface area contributed by atoms with Crippen LogP contribution in [-0.2, 0) is 12.7 Å². The summed E-state index contributed by atoms with van der Waals surface area (Å²) in [5, 5.41) is 2.58. The van der Waals surface area contributed by atoms with E-state index in [0.717, 1.165) is 36.6 Å². The molecular weight excluding hydrogens is 419 g/mol. The number of nitrogens with one attached hydrogen (secondary N) is 1. The molecule has 1 aliphatic heterocycles. The molecule has 1 aromatic heterocycles. The smallest absolute Gasteiger partial charge is 0.330 e. The Hall–Kier alpha value is -3.33. The predicted molar refractivity (Wildman–Crippen MR) is 116 cm³/mol. The highest BCUT2D eigenvalue weighted by atomic mass is 19.4. The quantitative estimate of drug-likeness (QED) is 0.635. The zero-order valence-corrected chi connectivity index (χ0v) is 17.4. The van der Waals surface area contributed by atoms with Gasteiger partial charge in [0.1, 0.15) is 5.82 Å². The van der Waals surface area contributed by atoms with E-state index in [1.807, 2.05) is 36.5 Å². The monoisotopic (exact) mass is 443 g/mol. The first-order chi connectivity index (χ1) is 15.4. The van der Waals surface area contributed by atoms with E-state index in [0.29, 0.717) is 26.2 Å². The fourth-order valence-electron chi connectivity index (χ4n) is 3.74. The lowest BCUT2D eigenvalue weighted by Crippen LogP contribution is -2.50. The Kier molecular flexibility index (Phi) is 6.45. The first-order valence-electron chi connectivity index (χ1n) is 10.4. The molecule has 0 bridgehead atoms. The van der Waals surface area contributed by atoms with Crippen LogP contribution in [0, 0.1) is 0 Å². The number of amides is 2. The first kappa shape index (κ1) is 21.9. The van der Waals surface area contributed by atoms with Crippen molar-refractivity contribution in [1.29, 1.82) is 0 Å². The number of halogens is 3. The van der Waals surface area contributed by atoms with Gasteiger partial charge in [0.15, 0.2) is 0 Å². The molecule has 9 heteroatoms. The largest absolute Gasteiger partial charge is 0.416 e. The van der Waals surface area contributed by atoms with Crippen LogP contribution in [0.15, 0.2) is 67.0 Å². The molecule has 2 aromatic carbocycles. The molecule has 0 unspecified atom stereocenters. The van der Waals surface area contributed by atoms with Crippen molar-refractivity contribution in [2.24, 2.45) is 0 Å². The van der Waals surface area contributed by atoms with Gasteiger partial charge in [-0.2, -0.15) is 13.2 Å². The summed E-state index contributed by atoms with van der Waals surface area (Å²) >= 11 is 0. The SMILES string of the molecule is O=C(Nc1cccc(C(F)(F)F)c1)N1CCN(CCn2ccnc2-c2ccccc2)CC1. The molecule has 0 spiro atoms. The fraction of sp³-hybridized carbons (Fsp3) is 0.304. The topological polar surface area (TPSA) is 53.4 Å². The molecule has 1 aliphatic rings. The third kappa shape index (κ3) is 5.28. The molecule has 0 saturated carbocycles. The lowest BCUT2D eigenvalue weighted by atomic mass is 10.2. The van der Waals surface area contributed by atoms with Crippen LogP contribution >= 0.6 is 0 Å². The first-order valence-corrected chi connectivity index (χ1v) is 10.4. The van der Waals surface area contributed by atoms with Crippen molar-refractivity contribution in [1.82, 2.24) is 19.4 Å². The molecule has 1 saturated heterocycles. The summed E-state index contributed by atoms with van der Waals surface area (Å²) in [6.45, 7) is 4.03. The second-order valence-corrected chi connectivity index (χ2v) is 7.65. The van der Waals surface area contributed by atoms with Crippen molar-refractivity contribution in [2.45, 2.75) is 12.7 Å². The Labute approximate surface area is 184 Å². The molecule has 2 amide bonds. The lowest BCUT2D eigenvalue weighted by molar-refractivity contribution is -0.137. The number of aromatic nitrogens is 2. The predicted octanol–water partition coefficient (Wildman–Crippen LogP) is 4.42. The molecule has 3 aromatic rings. The molecule has 6 nitrogen and oxygen atoms in total. The van der Waals surface area contributed by atoms with E-state index < -0.39 is 11.7 Å². The van der Waals surface area contributed by atoms with Crippen LogP contribution in [0.4, 0.5) is 23.7 Å². The standard InChI is InChI=1S/C23H24F3N5O/c24-23(25,26)19-7-4-8-20(17-19)28-22(32)31-15-12-29(13-16-31)11-14-30-10-9-27-21(30)18-5-2-1-3-6-18/h1-10,17H,11-16H2,(H,28,32). The summed E-state index contributed by atoms with van der Waals surface area (Å²) in [5.41, 5.74) is 0.420. The second-order valence-electron chi connectivity index (χ2n) is 7.65. The van der Waals surface area contributed by atoms with Crippen LogP contribution in [0.25, 0.3) is 11.4 Å². The maximum atomic E-state index is 12.9. The fourth-order valence-corrected chi connectivity index (χ4v) is 3.74. The number of urea groups is 1. The van der Waals surface area contributed by atoms with Gasteiger partial charge in [-0.05, 0) is 18.2 Å². The van der Waals surface area contributed by atoms with Crippen LogP contribution < -0.4 is 5.32 Å². The summed E-state index contributed by atoms with van der Waals surface area (Å²) in [5.74, 6) is 0.921. The lowest BCUT2D eigenvalue weighted by Gasteiger charge is -2.34.